The van der Waals surface area contributed by atoms with Gasteiger partial charge in [0.1, 0.15) is 0 Å². The van der Waals surface area contributed by atoms with Crippen LogP contribution in [0.15, 0.2) is 36.4 Å². The van der Waals surface area contributed by atoms with Gasteiger partial charge in [0, 0.05) is 11.7 Å². The fourth-order valence-corrected chi connectivity index (χ4v) is 2.70. The molecule has 2 rings (SSSR count). The van der Waals surface area contributed by atoms with Gasteiger partial charge in [-0.1, -0.05) is 29.8 Å². The second-order valence-corrected chi connectivity index (χ2v) is 5.60. The molecule has 0 aliphatic carbocycles. The van der Waals surface area contributed by atoms with Crippen LogP contribution >= 0.6 is 0 Å². The molecule has 1 N–H and O–H groups in total. The SMILES string of the molecule is Cc1cc(C)cc(NC(C)c2ccc(C)cc2C)c1. The zero-order valence-electron chi connectivity index (χ0n) is 12.5. The second kappa shape index (κ2) is 5.48. The van der Waals surface area contributed by atoms with E-state index in [1.54, 1.807) is 0 Å². The monoisotopic (exact) mass is 253 g/mol. The van der Waals surface area contributed by atoms with E-state index in [0.717, 1.165) is 0 Å². The van der Waals surface area contributed by atoms with Crippen LogP contribution < -0.4 is 5.32 Å². The first-order valence-corrected chi connectivity index (χ1v) is 6.87. The lowest BCUT2D eigenvalue weighted by Crippen LogP contribution is -2.08. The quantitative estimate of drug-likeness (QED) is 0.803. The van der Waals surface area contributed by atoms with Crippen LogP contribution in [0.1, 0.15) is 40.8 Å². The molecular formula is C18H23N. The minimum absolute atomic E-state index is 0.321. The maximum absolute atomic E-state index is 3.60. The summed E-state index contributed by atoms with van der Waals surface area (Å²) in [7, 11) is 0. The normalized spacial score (nSPS) is 12.3. The van der Waals surface area contributed by atoms with E-state index in [9.17, 15) is 0 Å². The van der Waals surface area contributed by atoms with E-state index in [1.165, 1.54) is 33.5 Å². The number of hydrogen-bond acceptors (Lipinski definition) is 1. The average molecular weight is 253 g/mol. The van der Waals surface area contributed by atoms with Gasteiger partial charge in [0.25, 0.3) is 0 Å². The van der Waals surface area contributed by atoms with Crippen molar-refractivity contribution in [2.75, 3.05) is 5.32 Å². The highest BCUT2D eigenvalue weighted by Gasteiger charge is 2.08. The summed E-state index contributed by atoms with van der Waals surface area (Å²) in [6.45, 7) is 10.8. The molecule has 0 saturated carbocycles. The summed E-state index contributed by atoms with van der Waals surface area (Å²) in [4.78, 5) is 0. The number of anilines is 1. The minimum Gasteiger partial charge on any atom is -0.378 e. The molecule has 2 aromatic carbocycles. The second-order valence-electron chi connectivity index (χ2n) is 5.60. The van der Waals surface area contributed by atoms with Gasteiger partial charge in [0.2, 0.25) is 0 Å². The van der Waals surface area contributed by atoms with E-state index in [0.29, 0.717) is 6.04 Å². The molecule has 0 spiro atoms. The van der Waals surface area contributed by atoms with Gasteiger partial charge in [-0.3, -0.25) is 0 Å². The van der Waals surface area contributed by atoms with E-state index >= 15 is 0 Å². The number of aryl methyl sites for hydroxylation is 4. The van der Waals surface area contributed by atoms with Crippen molar-refractivity contribution in [3.63, 3.8) is 0 Å². The molecule has 2 aromatic rings. The number of nitrogens with one attached hydrogen (secondary N) is 1. The Hall–Kier alpha value is -1.76. The molecule has 1 unspecified atom stereocenters. The molecule has 0 heterocycles. The standard InChI is InChI=1S/C18H23N/c1-12-6-7-18(15(4)9-12)16(5)19-17-10-13(2)8-14(3)11-17/h6-11,16,19H,1-5H3. The van der Waals surface area contributed by atoms with Crippen LogP contribution in [0.2, 0.25) is 0 Å². The van der Waals surface area contributed by atoms with Crippen LogP contribution in [0.4, 0.5) is 5.69 Å². The Morgan fingerprint density at radius 3 is 2.00 bits per heavy atom. The average Bonchev–Trinajstić information content (AvgIpc) is 2.26. The van der Waals surface area contributed by atoms with E-state index in [4.69, 9.17) is 0 Å². The minimum atomic E-state index is 0.321. The third kappa shape index (κ3) is 3.37. The predicted molar refractivity (Wildman–Crippen MR) is 83.9 cm³/mol. The van der Waals surface area contributed by atoms with Crippen molar-refractivity contribution in [2.45, 2.75) is 40.7 Å². The zero-order valence-corrected chi connectivity index (χ0v) is 12.5. The summed E-state index contributed by atoms with van der Waals surface area (Å²) in [5, 5.41) is 3.60. The van der Waals surface area contributed by atoms with Crippen LogP contribution in [0.5, 0.6) is 0 Å². The van der Waals surface area contributed by atoms with Crippen molar-refractivity contribution >= 4 is 5.69 Å². The summed E-state index contributed by atoms with van der Waals surface area (Å²) in [5.41, 5.74) is 7.84. The van der Waals surface area contributed by atoms with E-state index < -0.39 is 0 Å². The Kier molecular flexibility index (Phi) is 3.94. The molecule has 0 fully saturated rings. The molecule has 0 aromatic heterocycles. The lowest BCUT2D eigenvalue weighted by molar-refractivity contribution is 0.872. The first-order chi connectivity index (χ1) is 8.95. The van der Waals surface area contributed by atoms with Crippen LogP contribution in [0.3, 0.4) is 0 Å². The molecule has 0 amide bonds. The van der Waals surface area contributed by atoms with Gasteiger partial charge in [-0.15, -0.1) is 0 Å². The first-order valence-electron chi connectivity index (χ1n) is 6.87. The van der Waals surface area contributed by atoms with Crippen molar-refractivity contribution < 1.29 is 0 Å². The van der Waals surface area contributed by atoms with Gasteiger partial charge in [-0.2, -0.15) is 0 Å². The molecule has 1 nitrogen and oxygen atoms in total. The van der Waals surface area contributed by atoms with Crippen molar-refractivity contribution in [1.82, 2.24) is 0 Å². The summed E-state index contributed by atoms with van der Waals surface area (Å²) in [6.07, 6.45) is 0. The number of hydrogen-bond donors (Lipinski definition) is 1. The molecule has 0 aliphatic rings. The third-order valence-corrected chi connectivity index (χ3v) is 3.50. The zero-order chi connectivity index (χ0) is 14.0. The summed E-state index contributed by atoms with van der Waals surface area (Å²) < 4.78 is 0. The number of rotatable bonds is 3. The fourth-order valence-electron chi connectivity index (χ4n) is 2.70. The van der Waals surface area contributed by atoms with E-state index in [-0.39, 0.29) is 0 Å². The third-order valence-electron chi connectivity index (χ3n) is 3.50. The molecular weight excluding hydrogens is 230 g/mol. The van der Waals surface area contributed by atoms with Gasteiger partial charge in [-0.25, -0.2) is 0 Å². The number of benzene rings is 2. The summed E-state index contributed by atoms with van der Waals surface area (Å²) in [6, 6.07) is 13.6. The van der Waals surface area contributed by atoms with Gasteiger partial charge in [0.05, 0.1) is 0 Å². The fraction of sp³-hybridized carbons (Fsp3) is 0.333. The van der Waals surface area contributed by atoms with Gasteiger partial charge >= 0.3 is 0 Å². The van der Waals surface area contributed by atoms with E-state index in [2.05, 4.69) is 76.3 Å². The lowest BCUT2D eigenvalue weighted by Gasteiger charge is -2.19. The Balaban J connectivity index is 2.22. The molecule has 1 heteroatoms. The molecule has 100 valence electrons. The summed E-state index contributed by atoms with van der Waals surface area (Å²) in [5.74, 6) is 0. The van der Waals surface area contributed by atoms with E-state index in [1.807, 2.05) is 0 Å². The van der Waals surface area contributed by atoms with Gasteiger partial charge < -0.3 is 5.32 Å². The molecule has 0 bridgehead atoms. The Bertz CT molecular complexity index is 564. The van der Waals surface area contributed by atoms with Crippen LogP contribution in [0.25, 0.3) is 0 Å². The Labute approximate surface area is 116 Å². The topological polar surface area (TPSA) is 12.0 Å². The predicted octanol–water partition coefficient (Wildman–Crippen LogP) is 5.09. The van der Waals surface area contributed by atoms with Crippen molar-refractivity contribution in [3.8, 4) is 0 Å². The highest BCUT2D eigenvalue weighted by atomic mass is 14.9. The summed E-state index contributed by atoms with van der Waals surface area (Å²) >= 11 is 0. The van der Waals surface area contributed by atoms with Gasteiger partial charge in [-0.05, 0) is 69.0 Å². The van der Waals surface area contributed by atoms with Crippen LogP contribution in [-0.2, 0) is 0 Å². The van der Waals surface area contributed by atoms with Crippen molar-refractivity contribution in [3.05, 3.63) is 64.2 Å². The molecule has 0 saturated heterocycles. The maximum atomic E-state index is 3.60. The van der Waals surface area contributed by atoms with Crippen molar-refractivity contribution in [2.24, 2.45) is 0 Å². The molecule has 0 aliphatic heterocycles. The van der Waals surface area contributed by atoms with Crippen molar-refractivity contribution in [1.29, 1.82) is 0 Å². The van der Waals surface area contributed by atoms with Gasteiger partial charge in [0.15, 0.2) is 0 Å². The molecule has 0 radical (unpaired) electrons. The first kappa shape index (κ1) is 13.7. The molecule has 1 atom stereocenters. The largest absolute Gasteiger partial charge is 0.378 e. The maximum Gasteiger partial charge on any atom is 0.0488 e. The highest BCUT2D eigenvalue weighted by molar-refractivity contribution is 5.50. The highest BCUT2D eigenvalue weighted by Crippen LogP contribution is 2.24. The molecule has 19 heavy (non-hydrogen) atoms. The lowest BCUT2D eigenvalue weighted by atomic mass is 10.00. The Morgan fingerprint density at radius 2 is 1.42 bits per heavy atom. The van der Waals surface area contributed by atoms with Crippen LogP contribution in [0, 0.1) is 27.7 Å². The van der Waals surface area contributed by atoms with Crippen LogP contribution in [-0.4, -0.2) is 0 Å². The smallest absolute Gasteiger partial charge is 0.0488 e. The Morgan fingerprint density at radius 1 is 0.789 bits per heavy atom.